The molecule has 0 aliphatic heterocycles. The zero-order valence-corrected chi connectivity index (χ0v) is 17.2. The number of rotatable bonds is 7. The quantitative estimate of drug-likeness (QED) is 0.740. The second kappa shape index (κ2) is 10.4. The van der Waals surface area contributed by atoms with Crippen molar-refractivity contribution in [3.8, 4) is 11.8 Å². The van der Waals surface area contributed by atoms with E-state index in [0.29, 0.717) is 30.0 Å². The number of hydrogen-bond donors (Lipinski definition) is 2. The van der Waals surface area contributed by atoms with Crippen LogP contribution >= 0.6 is 0 Å². The number of nitriles is 1. The summed E-state index contributed by atoms with van der Waals surface area (Å²) in [7, 11) is 1.62. The molecule has 30 heavy (non-hydrogen) atoms. The van der Waals surface area contributed by atoms with Crippen LogP contribution in [0.1, 0.15) is 47.2 Å². The van der Waals surface area contributed by atoms with E-state index in [1.54, 1.807) is 31.4 Å². The molecule has 2 N–H and O–H groups in total. The molecule has 1 fully saturated rings. The predicted molar refractivity (Wildman–Crippen MR) is 114 cm³/mol. The first kappa shape index (κ1) is 21.4. The van der Waals surface area contributed by atoms with E-state index in [9.17, 15) is 9.59 Å². The van der Waals surface area contributed by atoms with Crippen molar-refractivity contribution < 1.29 is 14.3 Å². The van der Waals surface area contributed by atoms with Gasteiger partial charge in [-0.05, 0) is 61.1 Å². The molecule has 0 spiro atoms. The minimum absolute atomic E-state index is 0.0168. The molecule has 6 heteroatoms. The summed E-state index contributed by atoms with van der Waals surface area (Å²) in [4.78, 5) is 24.8. The molecule has 2 aromatic rings. The molecule has 2 amide bonds. The van der Waals surface area contributed by atoms with Gasteiger partial charge in [-0.1, -0.05) is 24.6 Å². The molecule has 3 rings (SSSR count). The number of hydrogen-bond acceptors (Lipinski definition) is 4. The maximum atomic E-state index is 12.4. The van der Waals surface area contributed by atoms with Crippen molar-refractivity contribution >= 4 is 11.8 Å². The third-order valence-electron chi connectivity index (χ3n) is 5.48. The first-order valence-corrected chi connectivity index (χ1v) is 10.3. The van der Waals surface area contributed by atoms with Crippen molar-refractivity contribution in [1.82, 2.24) is 10.6 Å². The summed E-state index contributed by atoms with van der Waals surface area (Å²) in [5.41, 5.74) is 1.92. The molecule has 156 valence electrons. The Labute approximate surface area is 177 Å². The van der Waals surface area contributed by atoms with E-state index in [2.05, 4.69) is 10.6 Å². The van der Waals surface area contributed by atoms with Crippen LogP contribution in [0.3, 0.4) is 0 Å². The Kier molecular flexibility index (Phi) is 7.45. The van der Waals surface area contributed by atoms with Gasteiger partial charge >= 0.3 is 0 Å². The van der Waals surface area contributed by atoms with Crippen LogP contribution in [0.15, 0.2) is 48.5 Å². The van der Waals surface area contributed by atoms with Crippen LogP contribution in [0.2, 0.25) is 0 Å². The van der Waals surface area contributed by atoms with E-state index < -0.39 is 0 Å². The maximum absolute atomic E-state index is 12.4. The normalized spacial score (nSPS) is 18.1. The van der Waals surface area contributed by atoms with Gasteiger partial charge in [0.25, 0.3) is 5.91 Å². The van der Waals surface area contributed by atoms with Crippen molar-refractivity contribution in [2.75, 3.05) is 13.7 Å². The molecule has 6 nitrogen and oxygen atoms in total. The van der Waals surface area contributed by atoms with E-state index >= 15 is 0 Å². The SMILES string of the molecule is COc1ccc(CC(=O)N[C@H]2CCC[C@@H](CNC(=O)c3cccc(C#N)c3)C2)cc1. The van der Waals surface area contributed by atoms with E-state index in [1.165, 1.54) is 0 Å². The lowest BCUT2D eigenvalue weighted by Gasteiger charge is -2.30. The molecular formula is C24H27N3O3. The highest BCUT2D eigenvalue weighted by atomic mass is 16.5. The van der Waals surface area contributed by atoms with Gasteiger partial charge in [0.1, 0.15) is 5.75 Å². The van der Waals surface area contributed by atoms with Crippen LogP contribution in [0.25, 0.3) is 0 Å². The van der Waals surface area contributed by atoms with Crippen molar-refractivity contribution in [2.45, 2.75) is 38.1 Å². The van der Waals surface area contributed by atoms with E-state index in [4.69, 9.17) is 10.00 Å². The summed E-state index contributed by atoms with van der Waals surface area (Å²) in [5.74, 6) is 0.949. The Balaban J connectivity index is 1.45. The first-order valence-electron chi connectivity index (χ1n) is 10.3. The Bertz CT molecular complexity index is 918. The summed E-state index contributed by atoms with van der Waals surface area (Å²) in [6, 6.07) is 16.4. The van der Waals surface area contributed by atoms with Crippen molar-refractivity contribution in [1.29, 1.82) is 5.26 Å². The smallest absolute Gasteiger partial charge is 0.251 e. The largest absolute Gasteiger partial charge is 0.497 e. The number of nitrogens with zero attached hydrogens (tertiary/aromatic N) is 1. The van der Waals surface area contributed by atoms with Crippen LogP contribution < -0.4 is 15.4 Å². The summed E-state index contributed by atoms with van der Waals surface area (Å²) in [5, 5.41) is 15.1. The van der Waals surface area contributed by atoms with Crippen LogP contribution in [0.4, 0.5) is 0 Å². The summed E-state index contributed by atoms with van der Waals surface area (Å²) >= 11 is 0. The monoisotopic (exact) mass is 405 g/mol. The number of carbonyl (C=O) groups is 2. The zero-order chi connectivity index (χ0) is 21.3. The van der Waals surface area contributed by atoms with Crippen LogP contribution in [-0.4, -0.2) is 31.5 Å². The Hall–Kier alpha value is -3.33. The van der Waals surface area contributed by atoms with Gasteiger partial charge in [-0.3, -0.25) is 9.59 Å². The third kappa shape index (κ3) is 6.08. The molecule has 0 radical (unpaired) electrons. The zero-order valence-electron chi connectivity index (χ0n) is 17.2. The Morgan fingerprint density at radius 2 is 1.97 bits per heavy atom. The maximum Gasteiger partial charge on any atom is 0.251 e. The van der Waals surface area contributed by atoms with E-state index in [-0.39, 0.29) is 17.9 Å². The first-order chi connectivity index (χ1) is 14.6. The third-order valence-corrected chi connectivity index (χ3v) is 5.48. The number of benzene rings is 2. The minimum Gasteiger partial charge on any atom is -0.497 e. The van der Waals surface area contributed by atoms with Gasteiger partial charge in [0.2, 0.25) is 5.91 Å². The second-order valence-electron chi connectivity index (χ2n) is 7.72. The average molecular weight is 405 g/mol. The minimum atomic E-state index is -0.169. The average Bonchev–Trinajstić information content (AvgIpc) is 2.78. The second-order valence-corrected chi connectivity index (χ2v) is 7.72. The summed E-state index contributed by atoms with van der Waals surface area (Å²) in [6.45, 7) is 0.570. The number of carbonyl (C=O) groups excluding carboxylic acids is 2. The fraction of sp³-hybridized carbons (Fsp3) is 0.375. The van der Waals surface area contributed by atoms with Crippen molar-refractivity contribution in [3.63, 3.8) is 0 Å². The van der Waals surface area contributed by atoms with E-state index in [0.717, 1.165) is 37.0 Å². The molecule has 1 aliphatic carbocycles. The van der Waals surface area contributed by atoms with Crippen LogP contribution in [0.5, 0.6) is 5.75 Å². The predicted octanol–water partition coefficient (Wildman–Crippen LogP) is 3.21. The Morgan fingerprint density at radius 1 is 1.17 bits per heavy atom. The number of methoxy groups -OCH3 is 1. The lowest BCUT2D eigenvalue weighted by atomic mass is 9.85. The lowest BCUT2D eigenvalue weighted by molar-refractivity contribution is -0.121. The topological polar surface area (TPSA) is 91.2 Å². The van der Waals surface area contributed by atoms with Crippen molar-refractivity contribution in [3.05, 3.63) is 65.2 Å². The standard InChI is InChI=1S/C24H27N3O3/c1-30-22-10-8-17(9-11-22)14-23(28)27-21-7-3-5-19(13-21)16-26-24(29)20-6-2-4-18(12-20)15-25/h2,4,6,8-12,19,21H,3,5,7,13-14,16H2,1H3,(H,26,29)(H,27,28)/t19-,21+/m1/s1. The number of amides is 2. The highest BCUT2D eigenvalue weighted by molar-refractivity contribution is 5.94. The number of ether oxygens (including phenoxy) is 1. The van der Waals surface area contributed by atoms with E-state index in [1.807, 2.05) is 30.3 Å². The molecule has 0 unspecified atom stereocenters. The number of nitrogens with one attached hydrogen (secondary N) is 2. The van der Waals surface area contributed by atoms with Crippen LogP contribution in [0, 0.1) is 17.2 Å². The highest BCUT2D eigenvalue weighted by Crippen LogP contribution is 2.24. The molecule has 0 saturated heterocycles. The molecule has 1 saturated carbocycles. The molecule has 0 aromatic heterocycles. The molecular weight excluding hydrogens is 378 g/mol. The molecule has 0 bridgehead atoms. The lowest BCUT2D eigenvalue weighted by Crippen LogP contribution is -2.41. The Morgan fingerprint density at radius 3 is 2.70 bits per heavy atom. The van der Waals surface area contributed by atoms with Gasteiger partial charge < -0.3 is 15.4 Å². The molecule has 0 heterocycles. The van der Waals surface area contributed by atoms with Gasteiger partial charge in [0, 0.05) is 18.2 Å². The fourth-order valence-electron chi connectivity index (χ4n) is 3.88. The molecule has 2 aromatic carbocycles. The molecule has 2 atom stereocenters. The fourth-order valence-corrected chi connectivity index (χ4v) is 3.88. The summed E-state index contributed by atoms with van der Waals surface area (Å²) in [6.07, 6.45) is 4.22. The van der Waals surface area contributed by atoms with Gasteiger partial charge in [-0.15, -0.1) is 0 Å². The van der Waals surface area contributed by atoms with Gasteiger partial charge in [0.05, 0.1) is 25.2 Å². The van der Waals surface area contributed by atoms with Crippen LogP contribution in [-0.2, 0) is 11.2 Å². The van der Waals surface area contributed by atoms with Gasteiger partial charge in [-0.2, -0.15) is 5.26 Å². The van der Waals surface area contributed by atoms with Gasteiger partial charge in [-0.25, -0.2) is 0 Å². The highest BCUT2D eigenvalue weighted by Gasteiger charge is 2.24. The molecule has 1 aliphatic rings. The summed E-state index contributed by atoms with van der Waals surface area (Å²) < 4.78 is 5.14. The van der Waals surface area contributed by atoms with Crippen molar-refractivity contribution in [2.24, 2.45) is 5.92 Å². The van der Waals surface area contributed by atoms with Gasteiger partial charge in [0.15, 0.2) is 0 Å².